The Bertz CT molecular complexity index is 191. The average molecular weight is 223 g/mol. The Hall–Kier alpha value is -0.250. The normalized spacial score (nSPS) is 32.2. The fourth-order valence-corrected chi connectivity index (χ4v) is 2.51. The van der Waals surface area contributed by atoms with Crippen LogP contribution in [0.3, 0.4) is 0 Å². The summed E-state index contributed by atoms with van der Waals surface area (Å²) >= 11 is 0. The molecule has 1 aliphatic rings. The molecule has 90 valence electrons. The van der Waals surface area contributed by atoms with Gasteiger partial charge in [-0.2, -0.15) is 13.2 Å². The molecule has 0 bridgehead atoms. The Morgan fingerprint density at radius 1 is 1.27 bits per heavy atom. The summed E-state index contributed by atoms with van der Waals surface area (Å²) in [5.41, 5.74) is 0. The fraction of sp³-hybridized carbons (Fsp3) is 1.00. The molecule has 0 amide bonds. The van der Waals surface area contributed by atoms with Gasteiger partial charge in [0.1, 0.15) is 0 Å². The highest BCUT2D eigenvalue weighted by Gasteiger charge is 2.32. The molecule has 15 heavy (non-hydrogen) atoms. The third kappa shape index (κ3) is 4.01. The maximum absolute atomic E-state index is 11.9. The van der Waals surface area contributed by atoms with Gasteiger partial charge in [0.2, 0.25) is 0 Å². The van der Waals surface area contributed by atoms with Crippen LogP contribution >= 0.6 is 0 Å². The molecule has 0 aromatic rings. The van der Waals surface area contributed by atoms with Crippen molar-refractivity contribution in [2.45, 2.75) is 51.7 Å². The first kappa shape index (κ1) is 12.8. The molecular weight excluding hydrogens is 203 g/mol. The molecule has 1 rings (SSSR count). The summed E-state index contributed by atoms with van der Waals surface area (Å²) in [6, 6.07) is 0.289. The molecule has 0 radical (unpaired) electrons. The van der Waals surface area contributed by atoms with Gasteiger partial charge < -0.3 is 5.32 Å². The molecule has 0 aromatic carbocycles. The van der Waals surface area contributed by atoms with Crippen LogP contribution in [-0.2, 0) is 0 Å². The highest BCUT2D eigenvalue weighted by atomic mass is 19.4. The molecule has 0 saturated heterocycles. The number of rotatable bonds is 4. The summed E-state index contributed by atoms with van der Waals surface area (Å²) < 4.78 is 35.8. The number of alkyl halides is 3. The van der Waals surface area contributed by atoms with E-state index in [2.05, 4.69) is 19.2 Å². The van der Waals surface area contributed by atoms with Gasteiger partial charge in [0.05, 0.1) is 6.42 Å². The van der Waals surface area contributed by atoms with Crippen LogP contribution in [0.1, 0.15) is 39.5 Å². The van der Waals surface area contributed by atoms with Crippen molar-refractivity contribution in [1.29, 1.82) is 0 Å². The van der Waals surface area contributed by atoms with E-state index >= 15 is 0 Å². The van der Waals surface area contributed by atoms with E-state index in [0.717, 1.165) is 19.3 Å². The lowest BCUT2D eigenvalue weighted by Gasteiger charge is -2.21. The van der Waals surface area contributed by atoms with Crippen molar-refractivity contribution in [3.63, 3.8) is 0 Å². The van der Waals surface area contributed by atoms with Crippen LogP contribution in [-0.4, -0.2) is 18.8 Å². The van der Waals surface area contributed by atoms with E-state index in [1.807, 2.05) is 0 Å². The molecule has 0 aliphatic heterocycles. The van der Waals surface area contributed by atoms with Gasteiger partial charge in [-0.15, -0.1) is 0 Å². The summed E-state index contributed by atoms with van der Waals surface area (Å²) in [6.45, 7) is 4.36. The third-order valence-electron chi connectivity index (χ3n) is 3.57. The lowest BCUT2D eigenvalue weighted by molar-refractivity contribution is -0.133. The van der Waals surface area contributed by atoms with Crippen LogP contribution in [0.5, 0.6) is 0 Å². The lowest BCUT2D eigenvalue weighted by atomic mass is 9.93. The average Bonchev–Trinajstić information content (AvgIpc) is 2.46. The summed E-state index contributed by atoms with van der Waals surface area (Å²) in [7, 11) is 0. The first-order valence-corrected chi connectivity index (χ1v) is 5.74. The molecular formula is C11H20F3N. The standard InChI is InChI=1S/C11H20F3N/c1-3-9-4-5-10(8(9)2)15-7-6-11(12,13)14/h8-10,15H,3-7H2,1-2H3. The predicted molar refractivity (Wildman–Crippen MR) is 54.6 cm³/mol. The molecule has 1 aliphatic carbocycles. The minimum absolute atomic E-state index is 0.0644. The van der Waals surface area contributed by atoms with Crippen LogP contribution < -0.4 is 5.32 Å². The number of halogens is 3. The second-order valence-corrected chi connectivity index (χ2v) is 4.53. The van der Waals surface area contributed by atoms with Crippen LogP contribution in [0, 0.1) is 11.8 Å². The maximum atomic E-state index is 11.9. The zero-order valence-corrected chi connectivity index (χ0v) is 9.40. The van der Waals surface area contributed by atoms with Gasteiger partial charge in [0.25, 0.3) is 0 Å². The summed E-state index contributed by atoms with van der Waals surface area (Å²) in [5, 5.41) is 3.03. The fourth-order valence-electron chi connectivity index (χ4n) is 2.51. The van der Waals surface area contributed by atoms with Crippen molar-refractivity contribution >= 4 is 0 Å². The van der Waals surface area contributed by atoms with Gasteiger partial charge >= 0.3 is 6.18 Å². The Balaban J connectivity index is 2.23. The monoisotopic (exact) mass is 223 g/mol. The van der Waals surface area contributed by atoms with Crippen LogP contribution in [0.15, 0.2) is 0 Å². The molecule has 4 heteroatoms. The van der Waals surface area contributed by atoms with Crippen molar-refractivity contribution in [3.05, 3.63) is 0 Å². The van der Waals surface area contributed by atoms with Gasteiger partial charge in [-0.1, -0.05) is 20.3 Å². The summed E-state index contributed by atoms with van der Waals surface area (Å²) in [5.74, 6) is 1.21. The van der Waals surface area contributed by atoms with Crippen molar-refractivity contribution in [1.82, 2.24) is 5.32 Å². The molecule has 3 atom stereocenters. The zero-order valence-electron chi connectivity index (χ0n) is 9.40. The van der Waals surface area contributed by atoms with E-state index in [9.17, 15) is 13.2 Å². The van der Waals surface area contributed by atoms with Crippen molar-refractivity contribution in [3.8, 4) is 0 Å². The Labute approximate surface area is 89.4 Å². The third-order valence-corrected chi connectivity index (χ3v) is 3.57. The van der Waals surface area contributed by atoms with E-state index in [-0.39, 0.29) is 12.6 Å². The minimum Gasteiger partial charge on any atom is -0.313 e. The molecule has 1 nitrogen and oxygen atoms in total. The molecule has 0 heterocycles. The Morgan fingerprint density at radius 2 is 1.93 bits per heavy atom. The van der Waals surface area contributed by atoms with Gasteiger partial charge in [-0.25, -0.2) is 0 Å². The van der Waals surface area contributed by atoms with Gasteiger partial charge in [-0.3, -0.25) is 0 Å². The molecule has 1 saturated carbocycles. The largest absolute Gasteiger partial charge is 0.390 e. The summed E-state index contributed by atoms with van der Waals surface area (Å²) in [6.07, 6.45) is -1.43. The second kappa shape index (κ2) is 5.19. The highest BCUT2D eigenvalue weighted by molar-refractivity contribution is 4.86. The van der Waals surface area contributed by atoms with Crippen molar-refractivity contribution in [2.24, 2.45) is 11.8 Å². The first-order chi connectivity index (χ1) is 6.94. The minimum atomic E-state index is -4.03. The molecule has 1 N–H and O–H groups in total. The highest BCUT2D eigenvalue weighted by Crippen LogP contribution is 2.33. The van der Waals surface area contributed by atoms with Crippen LogP contribution in [0.2, 0.25) is 0 Å². The Morgan fingerprint density at radius 3 is 2.40 bits per heavy atom. The molecule has 1 fully saturated rings. The SMILES string of the molecule is CCC1CCC(NCCC(F)(F)F)C1C. The van der Waals surface area contributed by atoms with E-state index in [1.54, 1.807) is 0 Å². The second-order valence-electron chi connectivity index (χ2n) is 4.53. The van der Waals surface area contributed by atoms with E-state index < -0.39 is 12.6 Å². The zero-order chi connectivity index (χ0) is 11.5. The number of hydrogen-bond acceptors (Lipinski definition) is 1. The summed E-state index contributed by atoms with van der Waals surface area (Å²) in [4.78, 5) is 0. The molecule has 0 aromatic heterocycles. The van der Waals surface area contributed by atoms with E-state index in [4.69, 9.17) is 0 Å². The maximum Gasteiger partial charge on any atom is 0.390 e. The van der Waals surface area contributed by atoms with Crippen molar-refractivity contribution < 1.29 is 13.2 Å². The first-order valence-electron chi connectivity index (χ1n) is 5.74. The number of hydrogen-bond donors (Lipinski definition) is 1. The Kier molecular flexibility index (Phi) is 4.44. The quantitative estimate of drug-likeness (QED) is 0.770. The smallest absolute Gasteiger partial charge is 0.313 e. The van der Waals surface area contributed by atoms with Gasteiger partial charge in [-0.05, 0) is 24.7 Å². The molecule has 3 unspecified atom stereocenters. The number of nitrogens with one attached hydrogen (secondary N) is 1. The molecule has 0 spiro atoms. The lowest BCUT2D eigenvalue weighted by Crippen LogP contribution is -2.35. The van der Waals surface area contributed by atoms with Gasteiger partial charge in [0.15, 0.2) is 0 Å². The topological polar surface area (TPSA) is 12.0 Å². The predicted octanol–water partition coefficient (Wildman–Crippen LogP) is 3.35. The van der Waals surface area contributed by atoms with E-state index in [1.165, 1.54) is 0 Å². The van der Waals surface area contributed by atoms with Crippen molar-refractivity contribution in [2.75, 3.05) is 6.54 Å². The van der Waals surface area contributed by atoms with Crippen LogP contribution in [0.25, 0.3) is 0 Å². The van der Waals surface area contributed by atoms with Gasteiger partial charge in [0, 0.05) is 12.6 Å². The van der Waals surface area contributed by atoms with E-state index in [0.29, 0.717) is 11.8 Å². The van der Waals surface area contributed by atoms with Crippen LogP contribution in [0.4, 0.5) is 13.2 Å².